The van der Waals surface area contributed by atoms with Crippen LogP contribution in [0.15, 0.2) is 12.2 Å². The first-order chi connectivity index (χ1) is 34.5. The molecule has 0 fully saturated rings. The van der Waals surface area contributed by atoms with E-state index in [0.717, 1.165) is 44.9 Å². The lowest BCUT2D eigenvalue weighted by Gasteiger charge is -2.22. The van der Waals surface area contributed by atoms with Gasteiger partial charge in [0.1, 0.15) is 0 Å². The Bertz CT molecular complexity index is 1050. The SMILES string of the molecule is CCCCCCCCC/C=C\CCCCCCCCCC(=O)OCCCCCCCCCCCCCCCCCCC(=O)NC(CO)C(O)CCCCCCCCCCCCCCCCCCCCC. The molecule has 0 spiro atoms. The van der Waals surface area contributed by atoms with Gasteiger partial charge in [-0.2, -0.15) is 0 Å². The van der Waals surface area contributed by atoms with E-state index in [2.05, 4.69) is 31.3 Å². The fourth-order valence-electron chi connectivity index (χ4n) is 10.2. The summed E-state index contributed by atoms with van der Waals surface area (Å²) >= 11 is 0. The molecule has 0 saturated heterocycles. The molecule has 416 valence electrons. The number of carbonyl (C=O) groups excluding carboxylic acids is 2. The fourth-order valence-corrected chi connectivity index (χ4v) is 10.2. The largest absolute Gasteiger partial charge is 0.466 e. The molecule has 0 heterocycles. The lowest BCUT2D eigenvalue weighted by Crippen LogP contribution is -2.45. The van der Waals surface area contributed by atoms with Gasteiger partial charge in [-0.1, -0.05) is 309 Å². The van der Waals surface area contributed by atoms with Crippen LogP contribution in [0.3, 0.4) is 0 Å². The first-order valence-corrected chi connectivity index (χ1v) is 31.9. The Morgan fingerprint density at radius 2 is 0.671 bits per heavy atom. The van der Waals surface area contributed by atoms with E-state index in [4.69, 9.17) is 4.74 Å². The third-order valence-corrected chi connectivity index (χ3v) is 15.1. The Balaban J connectivity index is 3.40. The minimum Gasteiger partial charge on any atom is -0.466 e. The van der Waals surface area contributed by atoms with E-state index in [9.17, 15) is 19.8 Å². The standard InChI is InChI=1S/C64H125NO5/c1-3-5-7-9-11-13-15-17-19-21-23-24-28-32-36-40-44-48-52-56-62(67)61(60-66)65-63(68)57-53-49-45-41-37-33-29-26-27-31-35-39-43-47-51-55-59-70-64(69)58-54-50-46-42-38-34-30-25-22-20-18-16-14-12-10-8-6-4-2/h20,22,61-62,66-67H,3-19,21,23-60H2,1-2H3,(H,65,68)/b22-20-. The van der Waals surface area contributed by atoms with Gasteiger partial charge in [-0.15, -0.1) is 0 Å². The molecule has 2 atom stereocenters. The number of unbranched alkanes of at least 4 members (excludes halogenated alkanes) is 47. The molecular weight excluding hydrogens is 863 g/mol. The van der Waals surface area contributed by atoms with E-state index in [0.29, 0.717) is 25.9 Å². The van der Waals surface area contributed by atoms with E-state index in [-0.39, 0.29) is 18.5 Å². The normalized spacial score (nSPS) is 12.6. The predicted octanol–water partition coefficient (Wildman–Crippen LogP) is 20.0. The van der Waals surface area contributed by atoms with Crippen LogP contribution >= 0.6 is 0 Å². The Kier molecular flexibility index (Phi) is 59.0. The lowest BCUT2D eigenvalue weighted by molar-refractivity contribution is -0.143. The van der Waals surface area contributed by atoms with E-state index in [1.54, 1.807) is 0 Å². The second-order valence-electron chi connectivity index (χ2n) is 22.1. The molecule has 0 radical (unpaired) electrons. The fraction of sp³-hybridized carbons (Fsp3) is 0.938. The summed E-state index contributed by atoms with van der Waals surface area (Å²) in [6.45, 7) is 4.97. The van der Waals surface area contributed by atoms with Gasteiger partial charge in [-0.25, -0.2) is 0 Å². The van der Waals surface area contributed by atoms with Crippen molar-refractivity contribution in [2.24, 2.45) is 0 Å². The molecule has 6 heteroatoms. The van der Waals surface area contributed by atoms with Crippen molar-refractivity contribution in [3.63, 3.8) is 0 Å². The molecule has 0 aliphatic carbocycles. The van der Waals surface area contributed by atoms with Gasteiger partial charge in [0, 0.05) is 12.8 Å². The molecule has 0 aliphatic heterocycles. The quantitative estimate of drug-likeness (QED) is 0.0321. The van der Waals surface area contributed by atoms with Gasteiger partial charge in [-0.3, -0.25) is 9.59 Å². The van der Waals surface area contributed by atoms with E-state index < -0.39 is 12.1 Å². The molecule has 0 rings (SSSR count). The molecular formula is C64H125NO5. The summed E-state index contributed by atoms with van der Waals surface area (Å²) in [5, 5.41) is 23.4. The van der Waals surface area contributed by atoms with Gasteiger partial charge in [0.05, 0.1) is 25.4 Å². The minimum absolute atomic E-state index is 0.00148. The number of aliphatic hydroxyl groups excluding tert-OH is 2. The number of hydrogen-bond acceptors (Lipinski definition) is 5. The van der Waals surface area contributed by atoms with E-state index in [1.165, 1.54) is 283 Å². The number of ether oxygens (including phenoxy) is 1. The zero-order valence-corrected chi connectivity index (χ0v) is 47.5. The van der Waals surface area contributed by atoms with Crippen LogP contribution in [0.2, 0.25) is 0 Å². The summed E-state index contributed by atoms with van der Waals surface area (Å²) in [6.07, 6.45) is 72.2. The Labute approximate surface area is 438 Å². The smallest absolute Gasteiger partial charge is 0.305 e. The minimum atomic E-state index is -0.669. The van der Waals surface area contributed by atoms with Crippen LogP contribution in [0.5, 0.6) is 0 Å². The summed E-state index contributed by atoms with van der Waals surface area (Å²) in [5.74, 6) is -0.0366. The highest BCUT2D eigenvalue weighted by atomic mass is 16.5. The Hall–Kier alpha value is -1.40. The molecule has 0 bridgehead atoms. The van der Waals surface area contributed by atoms with Crippen molar-refractivity contribution < 1.29 is 24.5 Å². The lowest BCUT2D eigenvalue weighted by atomic mass is 10.0. The topological polar surface area (TPSA) is 95.9 Å². The van der Waals surface area contributed by atoms with Crippen molar-refractivity contribution in [3.8, 4) is 0 Å². The van der Waals surface area contributed by atoms with Gasteiger partial charge in [0.25, 0.3) is 0 Å². The maximum absolute atomic E-state index is 12.5. The molecule has 3 N–H and O–H groups in total. The van der Waals surface area contributed by atoms with Gasteiger partial charge < -0.3 is 20.3 Å². The van der Waals surface area contributed by atoms with Crippen LogP contribution in [-0.2, 0) is 14.3 Å². The van der Waals surface area contributed by atoms with Crippen LogP contribution in [0.25, 0.3) is 0 Å². The third-order valence-electron chi connectivity index (χ3n) is 15.1. The molecule has 1 amide bonds. The van der Waals surface area contributed by atoms with Crippen molar-refractivity contribution in [2.75, 3.05) is 13.2 Å². The number of carbonyl (C=O) groups is 2. The van der Waals surface area contributed by atoms with Crippen molar-refractivity contribution >= 4 is 11.9 Å². The maximum Gasteiger partial charge on any atom is 0.305 e. The first-order valence-electron chi connectivity index (χ1n) is 31.9. The zero-order valence-electron chi connectivity index (χ0n) is 47.5. The first kappa shape index (κ1) is 68.6. The highest BCUT2D eigenvalue weighted by Crippen LogP contribution is 2.18. The van der Waals surface area contributed by atoms with Crippen molar-refractivity contribution in [3.05, 3.63) is 12.2 Å². The summed E-state index contributed by atoms with van der Waals surface area (Å²) in [5.41, 5.74) is 0. The number of allylic oxidation sites excluding steroid dienone is 2. The summed E-state index contributed by atoms with van der Waals surface area (Å²) in [7, 11) is 0. The van der Waals surface area contributed by atoms with Gasteiger partial charge >= 0.3 is 5.97 Å². The average molecular weight is 989 g/mol. The molecule has 0 aromatic rings. The number of amides is 1. The molecule has 6 nitrogen and oxygen atoms in total. The summed E-state index contributed by atoms with van der Waals surface area (Å²) in [4.78, 5) is 24.6. The predicted molar refractivity (Wildman–Crippen MR) is 306 cm³/mol. The van der Waals surface area contributed by atoms with Crippen LogP contribution in [-0.4, -0.2) is 47.4 Å². The highest BCUT2D eigenvalue weighted by molar-refractivity contribution is 5.76. The van der Waals surface area contributed by atoms with Crippen LogP contribution in [0.1, 0.15) is 361 Å². The number of rotatable bonds is 60. The number of esters is 1. The van der Waals surface area contributed by atoms with Gasteiger partial charge in [0.2, 0.25) is 5.91 Å². The van der Waals surface area contributed by atoms with E-state index >= 15 is 0 Å². The highest BCUT2D eigenvalue weighted by Gasteiger charge is 2.20. The zero-order chi connectivity index (χ0) is 50.7. The number of hydrogen-bond donors (Lipinski definition) is 3. The van der Waals surface area contributed by atoms with E-state index in [1.807, 2.05) is 0 Å². The van der Waals surface area contributed by atoms with Crippen molar-refractivity contribution in [1.82, 2.24) is 5.32 Å². The molecule has 2 unspecified atom stereocenters. The summed E-state index contributed by atoms with van der Waals surface area (Å²) in [6, 6.07) is -0.547. The van der Waals surface area contributed by atoms with Crippen LogP contribution < -0.4 is 5.32 Å². The Morgan fingerprint density at radius 1 is 0.386 bits per heavy atom. The summed E-state index contributed by atoms with van der Waals surface area (Å²) < 4.78 is 5.49. The number of nitrogens with one attached hydrogen (secondary N) is 1. The molecule has 0 aliphatic rings. The van der Waals surface area contributed by atoms with Crippen molar-refractivity contribution in [2.45, 2.75) is 373 Å². The van der Waals surface area contributed by atoms with Gasteiger partial charge in [-0.05, 0) is 51.4 Å². The van der Waals surface area contributed by atoms with Crippen LogP contribution in [0, 0.1) is 0 Å². The molecule has 0 aromatic heterocycles. The third kappa shape index (κ3) is 55.9. The number of aliphatic hydroxyl groups is 2. The second-order valence-corrected chi connectivity index (χ2v) is 22.1. The Morgan fingerprint density at radius 3 is 1.01 bits per heavy atom. The second kappa shape index (κ2) is 60.2. The molecule has 70 heavy (non-hydrogen) atoms. The molecule has 0 saturated carbocycles. The van der Waals surface area contributed by atoms with Crippen LogP contribution in [0.4, 0.5) is 0 Å². The average Bonchev–Trinajstić information content (AvgIpc) is 3.36. The van der Waals surface area contributed by atoms with Crippen molar-refractivity contribution in [1.29, 1.82) is 0 Å². The monoisotopic (exact) mass is 988 g/mol. The molecule has 0 aromatic carbocycles. The van der Waals surface area contributed by atoms with Gasteiger partial charge in [0.15, 0.2) is 0 Å². The maximum atomic E-state index is 12.5.